The number of piperidine rings is 1. The first-order chi connectivity index (χ1) is 16.4. The Morgan fingerprint density at radius 1 is 0.971 bits per heavy atom. The normalized spacial score (nSPS) is 17.8. The maximum Gasteiger partial charge on any atom is 0.209 e. The van der Waals surface area contributed by atoms with Crippen LogP contribution in [0.15, 0.2) is 81.5 Å². The second kappa shape index (κ2) is 9.50. The molecule has 0 aromatic heterocycles. The van der Waals surface area contributed by atoms with Gasteiger partial charge in [0.2, 0.25) is 9.84 Å². The average Bonchev–Trinajstić information content (AvgIpc) is 2.95. The van der Waals surface area contributed by atoms with Gasteiger partial charge in [-0.3, -0.25) is 5.32 Å². The monoisotopic (exact) mass is 495 g/mol. The summed E-state index contributed by atoms with van der Waals surface area (Å²) >= 11 is 6.05. The molecule has 2 aliphatic rings. The molecule has 3 aromatic carbocycles. The van der Waals surface area contributed by atoms with Crippen LogP contribution in [0, 0.1) is 0 Å². The number of nitrogens with zero attached hydrogens (tertiary/aromatic N) is 2. The molecule has 34 heavy (non-hydrogen) atoms. The van der Waals surface area contributed by atoms with Crippen LogP contribution in [0.4, 0.5) is 5.69 Å². The van der Waals surface area contributed by atoms with Gasteiger partial charge in [-0.15, -0.1) is 0 Å². The van der Waals surface area contributed by atoms with Crippen molar-refractivity contribution in [1.82, 2.24) is 10.2 Å². The lowest BCUT2D eigenvalue weighted by molar-refractivity contribution is 0.137. The summed E-state index contributed by atoms with van der Waals surface area (Å²) in [7, 11) is -3.77. The Bertz CT molecular complexity index is 1350. The highest BCUT2D eigenvalue weighted by atomic mass is 35.5. The number of rotatable bonds is 4. The van der Waals surface area contributed by atoms with Crippen molar-refractivity contribution in [1.29, 1.82) is 0 Å². The highest BCUT2D eigenvalue weighted by molar-refractivity contribution is 7.91. The van der Waals surface area contributed by atoms with Crippen LogP contribution < -0.4 is 5.32 Å². The van der Waals surface area contributed by atoms with Gasteiger partial charge in [-0.05, 0) is 66.8 Å². The second-order valence-corrected chi connectivity index (χ2v) is 10.9. The van der Waals surface area contributed by atoms with E-state index in [1.165, 1.54) is 0 Å². The Morgan fingerprint density at radius 3 is 2.56 bits per heavy atom. The molecule has 2 N–H and O–H groups in total. The Labute approximate surface area is 204 Å². The SMILES string of the molecule is O=S1(=O)c2ccc(C(O)NCc3cccc(Cl)c3)cc2N=C(N2CCCCC2)c2ccccc21. The van der Waals surface area contributed by atoms with Crippen molar-refractivity contribution >= 4 is 33.0 Å². The first-order valence-electron chi connectivity index (χ1n) is 11.4. The molecule has 176 valence electrons. The van der Waals surface area contributed by atoms with Crippen molar-refractivity contribution in [3.8, 4) is 0 Å². The molecule has 0 spiro atoms. The van der Waals surface area contributed by atoms with E-state index < -0.39 is 16.1 Å². The number of amidine groups is 1. The van der Waals surface area contributed by atoms with E-state index in [-0.39, 0.29) is 9.79 Å². The lowest BCUT2D eigenvalue weighted by Crippen LogP contribution is -2.36. The van der Waals surface area contributed by atoms with E-state index in [0.717, 1.165) is 37.9 Å². The van der Waals surface area contributed by atoms with Crippen LogP contribution in [0.2, 0.25) is 5.02 Å². The van der Waals surface area contributed by atoms with Crippen molar-refractivity contribution in [3.05, 3.63) is 88.4 Å². The van der Waals surface area contributed by atoms with Gasteiger partial charge in [0.1, 0.15) is 12.1 Å². The molecular weight excluding hydrogens is 470 g/mol. The van der Waals surface area contributed by atoms with Crippen molar-refractivity contribution in [3.63, 3.8) is 0 Å². The fraction of sp³-hybridized carbons (Fsp3) is 0.269. The quantitative estimate of drug-likeness (QED) is 0.506. The molecule has 2 aliphatic heterocycles. The summed E-state index contributed by atoms with van der Waals surface area (Å²) in [4.78, 5) is 7.47. The van der Waals surface area contributed by atoms with Crippen molar-refractivity contribution in [2.24, 2.45) is 4.99 Å². The summed E-state index contributed by atoms with van der Waals surface area (Å²) in [6.45, 7) is 2.09. The van der Waals surface area contributed by atoms with Gasteiger partial charge in [0.25, 0.3) is 0 Å². The Hall–Kier alpha value is -2.71. The average molecular weight is 496 g/mol. The number of likely N-dealkylation sites (tertiary alicyclic amines) is 1. The van der Waals surface area contributed by atoms with E-state index >= 15 is 0 Å². The fourth-order valence-electron chi connectivity index (χ4n) is 4.52. The fourth-order valence-corrected chi connectivity index (χ4v) is 6.31. The van der Waals surface area contributed by atoms with Gasteiger partial charge in [-0.25, -0.2) is 13.4 Å². The number of benzene rings is 3. The number of sulfone groups is 1. The summed E-state index contributed by atoms with van der Waals surface area (Å²) in [6, 6.07) is 19.3. The summed E-state index contributed by atoms with van der Waals surface area (Å²) in [6.07, 6.45) is 2.26. The smallest absolute Gasteiger partial charge is 0.209 e. The van der Waals surface area contributed by atoms with E-state index in [1.807, 2.05) is 30.3 Å². The minimum Gasteiger partial charge on any atom is -0.374 e. The third-order valence-electron chi connectivity index (χ3n) is 6.28. The second-order valence-electron chi connectivity index (χ2n) is 8.62. The van der Waals surface area contributed by atoms with Gasteiger partial charge < -0.3 is 10.0 Å². The van der Waals surface area contributed by atoms with E-state index in [1.54, 1.807) is 36.4 Å². The van der Waals surface area contributed by atoms with E-state index in [9.17, 15) is 13.5 Å². The molecule has 5 rings (SSSR count). The molecule has 6 nitrogen and oxygen atoms in total. The molecule has 1 atom stereocenters. The number of halogens is 1. The third kappa shape index (κ3) is 4.49. The maximum atomic E-state index is 13.6. The predicted octanol–water partition coefficient (Wildman–Crippen LogP) is 4.83. The van der Waals surface area contributed by atoms with Crippen molar-refractivity contribution in [2.45, 2.75) is 41.8 Å². The number of fused-ring (bicyclic) bond motifs is 2. The molecule has 1 saturated heterocycles. The molecule has 0 bridgehead atoms. The number of aliphatic hydroxyl groups is 1. The van der Waals surface area contributed by atoms with Crippen LogP contribution in [0.25, 0.3) is 0 Å². The Morgan fingerprint density at radius 2 is 1.76 bits per heavy atom. The van der Waals surface area contributed by atoms with Gasteiger partial charge in [0, 0.05) is 30.2 Å². The van der Waals surface area contributed by atoms with Gasteiger partial charge in [-0.1, -0.05) is 41.9 Å². The minimum atomic E-state index is -3.77. The third-order valence-corrected chi connectivity index (χ3v) is 8.37. The molecule has 2 heterocycles. The number of aliphatic imine (C=N–C) groups is 1. The number of hydrogen-bond acceptors (Lipinski definition) is 6. The zero-order chi connectivity index (χ0) is 23.7. The molecule has 0 amide bonds. The number of nitrogens with one attached hydrogen (secondary N) is 1. The summed E-state index contributed by atoms with van der Waals surface area (Å²) < 4.78 is 27.2. The Kier molecular flexibility index (Phi) is 6.44. The topological polar surface area (TPSA) is 82.0 Å². The van der Waals surface area contributed by atoms with E-state index in [4.69, 9.17) is 16.6 Å². The molecule has 0 aliphatic carbocycles. The van der Waals surface area contributed by atoms with Crippen LogP contribution in [-0.2, 0) is 16.4 Å². The van der Waals surface area contributed by atoms with Crippen molar-refractivity contribution < 1.29 is 13.5 Å². The zero-order valence-electron chi connectivity index (χ0n) is 18.6. The van der Waals surface area contributed by atoms with E-state index in [0.29, 0.717) is 34.2 Å². The van der Waals surface area contributed by atoms with Crippen molar-refractivity contribution in [2.75, 3.05) is 13.1 Å². The molecule has 1 fully saturated rings. The number of aliphatic hydroxyl groups excluding tert-OH is 1. The van der Waals surface area contributed by atoms with Crippen LogP contribution in [0.5, 0.6) is 0 Å². The minimum absolute atomic E-state index is 0.151. The standard InChI is InChI=1S/C26H26ClN3O3S/c27-20-8-6-7-18(15-20)17-28-26(31)19-11-12-24-22(16-19)29-25(30-13-4-1-5-14-30)21-9-2-3-10-23(21)34(24,32)33/h2-3,6-12,15-16,26,28,31H,1,4-5,13-14,17H2. The molecule has 1 unspecified atom stereocenters. The first-order valence-corrected chi connectivity index (χ1v) is 13.3. The predicted molar refractivity (Wildman–Crippen MR) is 133 cm³/mol. The van der Waals surface area contributed by atoms with E-state index in [2.05, 4.69) is 10.2 Å². The molecular formula is C26H26ClN3O3S. The molecule has 3 aromatic rings. The summed E-state index contributed by atoms with van der Waals surface area (Å²) in [5.74, 6) is 0.677. The van der Waals surface area contributed by atoms with Gasteiger partial charge >= 0.3 is 0 Å². The molecule has 8 heteroatoms. The highest BCUT2D eigenvalue weighted by Crippen LogP contribution is 2.37. The zero-order valence-corrected chi connectivity index (χ0v) is 20.2. The summed E-state index contributed by atoms with van der Waals surface area (Å²) in [5, 5.41) is 14.5. The first kappa shape index (κ1) is 23.1. The lowest BCUT2D eigenvalue weighted by Gasteiger charge is -2.30. The highest BCUT2D eigenvalue weighted by Gasteiger charge is 2.32. The lowest BCUT2D eigenvalue weighted by atomic mass is 10.1. The van der Waals surface area contributed by atoms with Gasteiger partial charge in [0.05, 0.1) is 15.5 Å². The largest absolute Gasteiger partial charge is 0.374 e. The molecule has 0 radical (unpaired) electrons. The van der Waals surface area contributed by atoms with Crippen LogP contribution in [0.1, 0.15) is 42.2 Å². The van der Waals surface area contributed by atoms with Crippen LogP contribution in [0.3, 0.4) is 0 Å². The number of hydrogen-bond donors (Lipinski definition) is 2. The summed E-state index contributed by atoms with van der Waals surface area (Å²) in [5.41, 5.74) is 2.45. The van der Waals surface area contributed by atoms with Gasteiger partial charge in [0.15, 0.2) is 0 Å². The van der Waals surface area contributed by atoms with Crippen LogP contribution >= 0.6 is 11.6 Å². The van der Waals surface area contributed by atoms with Gasteiger partial charge in [-0.2, -0.15) is 0 Å². The molecule has 0 saturated carbocycles. The Balaban J connectivity index is 1.53. The van der Waals surface area contributed by atoms with Crippen LogP contribution in [-0.4, -0.2) is 37.3 Å². The maximum absolute atomic E-state index is 13.6.